The van der Waals surface area contributed by atoms with Gasteiger partial charge in [0.25, 0.3) is 0 Å². The van der Waals surface area contributed by atoms with Crippen LogP contribution in [0.25, 0.3) is 0 Å². The molecule has 1 aromatic rings. The number of para-hydroxylation sites is 1. The first-order valence-corrected chi connectivity index (χ1v) is 6.15. The number of nitrogens with one attached hydrogen (secondary N) is 1. The van der Waals surface area contributed by atoms with Gasteiger partial charge in [-0.3, -0.25) is 0 Å². The van der Waals surface area contributed by atoms with Crippen LogP contribution >= 0.6 is 0 Å². The molecule has 1 atom stereocenters. The second-order valence-electron chi connectivity index (χ2n) is 4.49. The predicted octanol–water partition coefficient (Wildman–Crippen LogP) is 3.68. The molecule has 1 aromatic carbocycles. The van der Waals surface area contributed by atoms with Crippen molar-refractivity contribution in [3.05, 3.63) is 29.3 Å². The highest BCUT2D eigenvalue weighted by atomic mass is 16.4. The first-order valence-electron chi connectivity index (χ1n) is 6.15. The molecule has 1 unspecified atom stereocenters. The van der Waals surface area contributed by atoms with Crippen LogP contribution in [-0.2, 0) is 0 Å². The largest absolute Gasteiger partial charge is 0.478 e. The number of carbonyl (C=O) groups is 1. The minimum absolute atomic E-state index is 0.300. The highest BCUT2D eigenvalue weighted by Gasteiger charge is 2.13. The number of aryl methyl sites for hydroxylation is 1. The lowest BCUT2D eigenvalue weighted by molar-refractivity contribution is 0.0698. The van der Waals surface area contributed by atoms with Crippen molar-refractivity contribution in [3.63, 3.8) is 0 Å². The third-order valence-electron chi connectivity index (χ3n) is 2.88. The fourth-order valence-corrected chi connectivity index (χ4v) is 1.87. The molecule has 0 aliphatic heterocycles. The van der Waals surface area contributed by atoms with Crippen LogP contribution in [0.3, 0.4) is 0 Å². The summed E-state index contributed by atoms with van der Waals surface area (Å²) in [7, 11) is 0. The fourth-order valence-electron chi connectivity index (χ4n) is 1.87. The molecular formula is C14H21NO2. The van der Waals surface area contributed by atoms with Gasteiger partial charge in [-0.05, 0) is 31.9 Å². The van der Waals surface area contributed by atoms with Crippen molar-refractivity contribution in [2.75, 3.05) is 5.32 Å². The maximum atomic E-state index is 11.1. The Balaban J connectivity index is 2.85. The number of anilines is 1. The maximum Gasteiger partial charge on any atom is 0.337 e. The molecular weight excluding hydrogens is 214 g/mol. The Labute approximate surface area is 103 Å². The van der Waals surface area contributed by atoms with Gasteiger partial charge in [0.05, 0.1) is 11.3 Å². The summed E-state index contributed by atoms with van der Waals surface area (Å²) in [5.74, 6) is -0.876. The SMILES string of the molecule is CCCCC(C)Nc1c(C)cccc1C(=O)O. The lowest BCUT2D eigenvalue weighted by atomic mass is 10.1. The summed E-state index contributed by atoms with van der Waals surface area (Å²) in [6.07, 6.45) is 3.37. The van der Waals surface area contributed by atoms with Crippen LogP contribution in [0, 0.1) is 6.92 Å². The highest BCUT2D eigenvalue weighted by Crippen LogP contribution is 2.22. The number of hydrogen-bond donors (Lipinski definition) is 2. The van der Waals surface area contributed by atoms with Crippen molar-refractivity contribution in [2.45, 2.75) is 46.1 Å². The number of unbranched alkanes of at least 4 members (excludes halogenated alkanes) is 1. The average Bonchev–Trinajstić information content (AvgIpc) is 2.28. The lowest BCUT2D eigenvalue weighted by Gasteiger charge is -2.18. The van der Waals surface area contributed by atoms with Crippen LogP contribution < -0.4 is 5.32 Å². The summed E-state index contributed by atoms with van der Waals surface area (Å²) in [4.78, 5) is 11.1. The van der Waals surface area contributed by atoms with E-state index in [1.54, 1.807) is 12.1 Å². The third kappa shape index (κ3) is 3.77. The molecule has 0 aromatic heterocycles. The van der Waals surface area contributed by atoms with Gasteiger partial charge in [0, 0.05) is 6.04 Å². The summed E-state index contributed by atoms with van der Waals surface area (Å²) in [6, 6.07) is 5.65. The van der Waals surface area contributed by atoms with Crippen LogP contribution in [0.4, 0.5) is 5.69 Å². The van der Waals surface area contributed by atoms with Crippen LogP contribution in [0.15, 0.2) is 18.2 Å². The quantitative estimate of drug-likeness (QED) is 0.790. The zero-order valence-corrected chi connectivity index (χ0v) is 10.8. The molecule has 3 nitrogen and oxygen atoms in total. The molecule has 0 aliphatic carbocycles. The molecule has 0 saturated carbocycles. The minimum Gasteiger partial charge on any atom is -0.478 e. The standard InChI is InChI=1S/C14H21NO2/c1-4-5-8-11(3)15-13-10(2)7-6-9-12(13)14(16)17/h6-7,9,11,15H,4-5,8H2,1-3H3,(H,16,17). The molecule has 3 heteroatoms. The van der Waals surface area contributed by atoms with E-state index >= 15 is 0 Å². The number of aromatic carboxylic acids is 1. The topological polar surface area (TPSA) is 49.3 Å². The van der Waals surface area contributed by atoms with Crippen LogP contribution in [0.2, 0.25) is 0 Å². The second kappa shape index (κ2) is 6.28. The minimum atomic E-state index is -0.876. The van der Waals surface area contributed by atoms with Crippen molar-refractivity contribution >= 4 is 11.7 Å². The van der Waals surface area contributed by atoms with E-state index < -0.39 is 5.97 Å². The number of hydrogen-bond acceptors (Lipinski definition) is 2. The van der Waals surface area contributed by atoms with Gasteiger partial charge in [0.15, 0.2) is 0 Å². The van der Waals surface area contributed by atoms with Gasteiger partial charge in [-0.25, -0.2) is 4.79 Å². The Morgan fingerprint density at radius 3 is 2.76 bits per heavy atom. The van der Waals surface area contributed by atoms with Gasteiger partial charge < -0.3 is 10.4 Å². The predicted molar refractivity (Wildman–Crippen MR) is 70.7 cm³/mol. The van der Waals surface area contributed by atoms with Crippen LogP contribution in [0.5, 0.6) is 0 Å². The maximum absolute atomic E-state index is 11.1. The Hall–Kier alpha value is -1.51. The zero-order valence-electron chi connectivity index (χ0n) is 10.8. The zero-order chi connectivity index (χ0) is 12.8. The first-order chi connectivity index (χ1) is 8.06. The molecule has 1 rings (SSSR count). The molecule has 0 bridgehead atoms. The Morgan fingerprint density at radius 2 is 2.18 bits per heavy atom. The normalized spacial score (nSPS) is 12.2. The van der Waals surface area contributed by atoms with Crippen molar-refractivity contribution in [2.24, 2.45) is 0 Å². The van der Waals surface area contributed by atoms with Crippen molar-refractivity contribution in [1.29, 1.82) is 0 Å². The molecule has 2 N–H and O–H groups in total. The molecule has 0 heterocycles. The van der Waals surface area contributed by atoms with Gasteiger partial charge in [0.2, 0.25) is 0 Å². The number of carboxylic acid groups (broad SMARTS) is 1. The van der Waals surface area contributed by atoms with Crippen molar-refractivity contribution < 1.29 is 9.90 Å². The van der Waals surface area contributed by atoms with E-state index in [1.807, 2.05) is 13.0 Å². The smallest absolute Gasteiger partial charge is 0.337 e. The Morgan fingerprint density at radius 1 is 1.47 bits per heavy atom. The summed E-state index contributed by atoms with van der Waals surface area (Å²) in [5.41, 5.74) is 2.09. The number of benzene rings is 1. The lowest BCUT2D eigenvalue weighted by Crippen LogP contribution is -2.18. The van der Waals surface area contributed by atoms with E-state index in [4.69, 9.17) is 5.11 Å². The first kappa shape index (κ1) is 13.6. The molecule has 17 heavy (non-hydrogen) atoms. The van der Waals surface area contributed by atoms with E-state index in [2.05, 4.69) is 19.2 Å². The van der Waals surface area contributed by atoms with Crippen LogP contribution in [0.1, 0.15) is 49.0 Å². The average molecular weight is 235 g/mol. The molecule has 0 saturated heterocycles. The molecule has 94 valence electrons. The van der Waals surface area contributed by atoms with Crippen molar-refractivity contribution in [3.8, 4) is 0 Å². The fraction of sp³-hybridized carbons (Fsp3) is 0.500. The van der Waals surface area contributed by atoms with Gasteiger partial charge in [-0.2, -0.15) is 0 Å². The molecule has 0 fully saturated rings. The van der Waals surface area contributed by atoms with E-state index in [1.165, 1.54) is 0 Å². The second-order valence-corrected chi connectivity index (χ2v) is 4.49. The van der Waals surface area contributed by atoms with E-state index in [9.17, 15) is 4.79 Å². The van der Waals surface area contributed by atoms with Gasteiger partial charge >= 0.3 is 5.97 Å². The van der Waals surface area contributed by atoms with Crippen molar-refractivity contribution in [1.82, 2.24) is 0 Å². The van der Waals surface area contributed by atoms with Gasteiger partial charge in [-0.1, -0.05) is 31.9 Å². The summed E-state index contributed by atoms with van der Waals surface area (Å²) < 4.78 is 0. The van der Waals surface area contributed by atoms with E-state index in [0.717, 1.165) is 30.5 Å². The van der Waals surface area contributed by atoms with Gasteiger partial charge in [-0.15, -0.1) is 0 Å². The summed E-state index contributed by atoms with van der Waals surface area (Å²) in [6.45, 7) is 6.18. The summed E-state index contributed by atoms with van der Waals surface area (Å²) >= 11 is 0. The Kier molecular flexibility index (Phi) is 5.01. The van der Waals surface area contributed by atoms with E-state index in [-0.39, 0.29) is 0 Å². The van der Waals surface area contributed by atoms with Gasteiger partial charge in [0.1, 0.15) is 0 Å². The summed E-state index contributed by atoms with van der Waals surface area (Å²) in [5, 5.41) is 12.5. The van der Waals surface area contributed by atoms with E-state index in [0.29, 0.717) is 11.6 Å². The number of rotatable bonds is 6. The third-order valence-corrected chi connectivity index (χ3v) is 2.88. The van der Waals surface area contributed by atoms with Crippen LogP contribution in [-0.4, -0.2) is 17.1 Å². The molecule has 0 amide bonds. The molecule has 0 aliphatic rings. The molecule has 0 spiro atoms. The highest BCUT2D eigenvalue weighted by molar-refractivity contribution is 5.95. The number of carboxylic acids is 1. The monoisotopic (exact) mass is 235 g/mol. The Bertz CT molecular complexity index is 388. The molecule has 0 radical (unpaired) electrons.